The Balaban J connectivity index is 1.69. The highest BCUT2D eigenvalue weighted by atomic mass is 32.1. The van der Waals surface area contributed by atoms with Crippen molar-refractivity contribution in [3.05, 3.63) is 70.5 Å². The van der Waals surface area contributed by atoms with Gasteiger partial charge in [-0.2, -0.15) is 9.36 Å². The van der Waals surface area contributed by atoms with Crippen LogP contribution in [0, 0.1) is 19.8 Å². The summed E-state index contributed by atoms with van der Waals surface area (Å²) in [5, 5.41) is 3.40. The van der Waals surface area contributed by atoms with E-state index in [1.807, 2.05) is 13.0 Å². The van der Waals surface area contributed by atoms with E-state index in [4.69, 9.17) is 4.74 Å². The minimum Gasteiger partial charge on any atom is -0.430 e. The van der Waals surface area contributed by atoms with Gasteiger partial charge in [-0.1, -0.05) is 49.7 Å². The van der Waals surface area contributed by atoms with Crippen LogP contribution < -0.4 is 10.1 Å². The summed E-state index contributed by atoms with van der Waals surface area (Å²) in [4.78, 5) is 16.8. The maximum Gasteiger partial charge on any atom is 0.298 e. The lowest BCUT2D eigenvalue weighted by atomic mass is 10.1. The molecule has 0 radical (unpaired) electrons. The highest BCUT2D eigenvalue weighted by Gasteiger charge is 2.12. The van der Waals surface area contributed by atoms with Gasteiger partial charge in [0.15, 0.2) is 5.82 Å². The van der Waals surface area contributed by atoms with Crippen LogP contribution in [-0.2, 0) is 6.42 Å². The second kappa shape index (κ2) is 8.97. The van der Waals surface area contributed by atoms with Gasteiger partial charge in [0.1, 0.15) is 5.75 Å². The quantitative estimate of drug-likeness (QED) is 0.616. The molecule has 0 aliphatic rings. The van der Waals surface area contributed by atoms with Crippen molar-refractivity contribution >= 4 is 17.4 Å². The average molecular weight is 396 g/mol. The number of carbonyl (C=O) groups excluding carboxylic acids is 1. The third-order valence-electron chi connectivity index (χ3n) is 4.25. The van der Waals surface area contributed by atoms with Gasteiger partial charge in [-0.05, 0) is 43.0 Å². The van der Waals surface area contributed by atoms with Crippen LogP contribution in [0.4, 0.5) is 0 Å². The van der Waals surface area contributed by atoms with Gasteiger partial charge in [0.05, 0.1) is 0 Å². The lowest BCUT2D eigenvalue weighted by molar-refractivity contribution is 0.0948. The number of aromatic nitrogens is 2. The summed E-state index contributed by atoms with van der Waals surface area (Å²) in [6.07, 6.45) is 0.663. The number of hydrogen-bond donors (Lipinski definition) is 1. The Kier molecular flexibility index (Phi) is 6.41. The summed E-state index contributed by atoms with van der Waals surface area (Å²) in [6, 6.07) is 13.8. The van der Waals surface area contributed by atoms with Gasteiger partial charge in [0.2, 0.25) is 0 Å². The number of nitrogens with one attached hydrogen (secondary N) is 1. The van der Waals surface area contributed by atoms with E-state index in [9.17, 15) is 4.79 Å². The van der Waals surface area contributed by atoms with Crippen LogP contribution in [0.15, 0.2) is 42.5 Å². The molecule has 2 aromatic carbocycles. The number of aryl methyl sites for hydroxylation is 2. The number of carbonyl (C=O) groups is 1. The van der Waals surface area contributed by atoms with E-state index in [1.165, 1.54) is 17.1 Å². The molecule has 0 spiro atoms. The summed E-state index contributed by atoms with van der Waals surface area (Å²) in [5.74, 6) is 1.65. The van der Waals surface area contributed by atoms with E-state index in [2.05, 4.69) is 59.7 Å². The van der Waals surface area contributed by atoms with Crippen LogP contribution in [0.3, 0.4) is 0 Å². The molecule has 1 aromatic heterocycles. The summed E-state index contributed by atoms with van der Waals surface area (Å²) < 4.78 is 10.3. The lowest BCUT2D eigenvalue weighted by Crippen LogP contribution is -2.27. The topological polar surface area (TPSA) is 64.1 Å². The van der Waals surface area contributed by atoms with Crippen LogP contribution >= 0.6 is 11.5 Å². The van der Waals surface area contributed by atoms with Crippen molar-refractivity contribution in [3.8, 4) is 10.9 Å². The molecular weight excluding hydrogens is 370 g/mol. The average Bonchev–Trinajstić information content (AvgIpc) is 3.10. The summed E-state index contributed by atoms with van der Waals surface area (Å²) in [5.41, 5.74) is 3.91. The second-order valence-electron chi connectivity index (χ2n) is 7.33. The van der Waals surface area contributed by atoms with Crippen molar-refractivity contribution < 1.29 is 9.53 Å². The summed E-state index contributed by atoms with van der Waals surface area (Å²) >= 11 is 1.22. The van der Waals surface area contributed by atoms with Crippen molar-refractivity contribution in [2.24, 2.45) is 5.92 Å². The molecule has 28 heavy (non-hydrogen) atoms. The Hall–Kier alpha value is -2.73. The molecule has 5 nitrogen and oxygen atoms in total. The van der Waals surface area contributed by atoms with E-state index in [0.29, 0.717) is 35.4 Å². The first kappa shape index (κ1) is 20.0. The van der Waals surface area contributed by atoms with E-state index in [-0.39, 0.29) is 5.91 Å². The highest BCUT2D eigenvalue weighted by Crippen LogP contribution is 2.28. The predicted octanol–water partition coefficient (Wildman–Crippen LogP) is 4.92. The standard InChI is InChI=1S/C22H25N3O2S/c1-14(2)13-23-21(26)18-10-7-16(4)19(12-18)27-22-24-20(25-28-22)11-17-8-5-15(3)6-9-17/h5-10,12,14H,11,13H2,1-4H3,(H,23,26). The van der Waals surface area contributed by atoms with Crippen LogP contribution in [-0.4, -0.2) is 21.8 Å². The molecule has 6 heteroatoms. The largest absolute Gasteiger partial charge is 0.430 e. The number of ether oxygens (including phenoxy) is 1. The van der Waals surface area contributed by atoms with Crippen molar-refractivity contribution in [1.82, 2.24) is 14.7 Å². The van der Waals surface area contributed by atoms with E-state index < -0.39 is 0 Å². The molecule has 0 aliphatic heterocycles. The minimum atomic E-state index is -0.101. The van der Waals surface area contributed by atoms with Crippen LogP contribution in [0.2, 0.25) is 0 Å². The molecule has 0 saturated heterocycles. The lowest BCUT2D eigenvalue weighted by Gasteiger charge is -2.10. The molecular formula is C22H25N3O2S. The summed E-state index contributed by atoms with van der Waals surface area (Å²) in [6.45, 7) is 8.78. The Bertz CT molecular complexity index is 949. The first-order valence-corrected chi connectivity index (χ1v) is 10.1. The zero-order valence-electron chi connectivity index (χ0n) is 16.7. The Morgan fingerprint density at radius 1 is 1.14 bits per heavy atom. The molecule has 1 N–H and O–H groups in total. The maximum atomic E-state index is 12.3. The number of amides is 1. The molecule has 0 aliphatic carbocycles. The fraction of sp³-hybridized carbons (Fsp3) is 0.318. The normalized spacial score (nSPS) is 10.9. The SMILES string of the molecule is Cc1ccc(Cc2nsc(Oc3cc(C(=O)NCC(C)C)ccc3C)n2)cc1. The van der Waals surface area contributed by atoms with Gasteiger partial charge in [0, 0.05) is 30.1 Å². The molecule has 0 unspecified atom stereocenters. The molecule has 3 rings (SSSR count). The molecule has 0 bridgehead atoms. The predicted molar refractivity (Wildman–Crippen MR) is 112 cm³/mol. The molecule has 0 atom stereocenters. The molecule has 1 amide bonds. The van der Waals surface area contributed by atoms with Crippen LogP contribution in [0.5, 0.6) is 10.9 Å². The van der Waals surface area contributed by atoms with Crippen LogP contribution in [0.1, 0.15) is 46.7 Å². The second-order valence-corrected chi connectivity index (χ2v) is 8.04. The van der Waals surface area contributed by atoms with Crippen LogP contribution in [0.25, 0.3) is 0 Å². The number of hydrogen-bond acceptors (Lipinski definition) is 5. The van der Waals surface area contributed by atoms with Gasteiger partial charge in [-0.15, -0.1) is 0 Å². The molecule has 3 aromatic rings. The van der Waals surface area contributed by atoms with Gasteiger partial charge >= 0.3 is 0 Å². The van der Waals surface area contributed by atoms with Gasteiger partial charge in [0.25, 0.3) is 11.1 Å². The van der Waals surface area contributed by atoms with Crippen molar-refractivity contribution in [1.29, 1.82) is 0 Å². The molecule has 1 heterocycles. The maximum absolute atomic E-state index is 12.3. The monoisotopic (exact) mass is 395 g/mol. The molecule has 0 fully saturated rings. The number of benzene rings is 2. The van der Waals surface area contributed by atoms with E-state index in [0.717, 1.165) is 17.0 Å². The van der Waals surface area contributed by atoms with Gasteiger partial charge in [-0.25, -0.2) is 0 Å². The Morgan fingerprint density at radius 3 is 2.61 bits per heavy atom. The van der Waals surface area contributed by atoms with E-state index >= 15 is 0 Å². The molecule has 146 valence electrons. The zero-order chi connectivity index (χ0) is 20.1. The van der Waals surface area contributed by atoms with Gasteiger partial charge < -0.3 is 10.1 Å². The third-order valence-corrected chi connectivity index (χ3v) is 4.88. The van der Waals surface area contributed by atoms with Crippen molar-refractivity contribution in [2.75, 3.05) is 6.54 Å². The van der Waals surface area contributed by atoms with Crippen molar-refractivity contribution in [2.45, 2.75) is 34.1 Å². The Labute approximate surface area is 170 Å². The van der Waals surface area contributed by atoms with Crippen molar-refractivity contribution in [3.63, 3.8) is 0 Å². The first-order valence-electron chi connectivity index (χ1n) is 9.35. The molecule has 0 saturated carbocycles. The van der Waals surface area contributed by atoms with Gasteiger partial charge in [-0.3, -0.25) is 4.79 Å². The zero-order valence-corrected chi connectivity index (χ0v) is 17.5. The Morgan fingerprint density at radius 2 is 1.89 bits per heavy atom. The highest BCUT2D eigenvalue weighted by molar-refractivity contribution is 7.07. The number of nitrogens with zero attached hydrogens (tertiary/aromatic N) is 2. The van der Waals surface area contributed by atoms with E-state index in [1.54, 1.807) is 12.1 Å². The first-order chi connectivity index (χ1) is 13.4. The number of rotatable bonds is 7. The minimum absolute atomic E-state index is 0.101. The fourth-order valence-corrected chi connectivity index (χ4v) is 3.15. The summed E-state index contributed by atoms with van der Waals surface area (Å²) in [7, 11) is 0. The third kappa shape index (κ3) is 5.39. The fourth-order valence-electron chi connectivity index (χ4n) is 2.58. The smallest absolute Gasteiger partial charge is 0.298 e.